The number of rotatable bonds is 2. The highest BCUT2D eigenvalue weighted by molar-refractivity contribution is 4.89. The van der Waals surface area contributed by atoms with E-state index in [-0.39, 0.29) is 0 Å². The topological polar surface area (TPSA) is 15.3 Å². The summed E-state index contributed by atoms with van der Waals surface area (Å²) in [6, 6.07) is 1.75. The van der Waals surface area contributed by atoms with Crippen molar-refractivity contribution in [1.82, 2.24) is 10.2 Å². The number of nitrogens with one attached hydrogen (secondary N) is 1. The van der Waals surface area contributed by atoms with Gasteiger partial charge in [-0.25, -0.2) is 0 Å². The Hall–Kier alpha value is -0.0800. The Labute approximate surface area is 81.7 Å². The lowest BCUT2D eigenvalue weighted by Gasteiger charge is -2.42. The molecule has 0 saturated carbocycles. The smallest absolute Gasteiger partial charge is 0.0348 e. The van der Waals surface area contributed by atoms with Crippen LogP contribution in [0.2, 0.25) is 0 Å². The van der Waals surface area contributed by atoms with Crippen molar-refractivity contribution >= 4 is 0 Å². The van der Waals surface area contributed by atoms with Crippen molar-refractivity contribution in [1.29, 1.82) is 0 Å². The Balaban J connectivity index is 1.93. The average Bonchev–Trinajstić information content (AvgIpc) is 2.27. The molecule has 2 heterocycles. The van der Waals surface area contributed by atoms with E-state index in [1.807, 2.05) is 0 Å². The third-order valence-electron chi connectivity index (χ3n) is 3.62. The zero-order valence-electron chi connectivity index (χ0n) is 8.76. The molecule has 0 aliphatic carbocycles. The minimum absolute atomic E-state index is 0.864. The molecule has 0 bridgehead atoms. The van der Waals surface area contributed by atoms with Crippen molar-refractivity contribution in [3.63, 3.8) is 0 Å². The van der Waals surface area contributed by atoms with Crippen LogP contribution in [0.25, 0.3) is 0 Å². The Morgan fingerprint density at radius 2 is 2.08 bits per heavy atom. The lowest BCUT2D eigenvalue weighted by molar-refractivity contribution is 0.0950. The standard InChI is InChI=1S/C11H22N2/c1-2-10-6-4-3-5-7-13(10)11-8-12-9-11/h10-12H,2-9H2,1H3. The number of likely N-dealkylation sites (tertiary alicyclic amines) is 1. The maximum atomic E-state index is 3.38. The molecule has 76 valence electrons. The maximum absolute atomic E-state index is 3.38. The van der Waals surface area contributed by atoms with E-state index in [4.69, 9.17) is 0 Å². The maximum Gasteiger partial charge on any atom is 0.0348 e. The Morgan fingerprint density at radius 1 is 1.23 bits per heavy atom. The summed E-state index contributed by atoms with van der Waals surface area (Å²) < 4.78 is 0. The van der Waals surface area contributed by atoms with Gasteiger partial charge in [-0.3, -0.25) is 4.90 Å². The predicted molar refractivity (Wildman–Crippen MR) is 55.9 cm³/mol. The van der Waals surface area contributed by atoms with Gasteiger partial charge >= 0.3 is 0 Å². The third kappa shape index (κ3) is 2.05. The zero-order chi connectivity index (χ0) is 9.10. The highest BCUT2D eigenvalue weighted by atomic mass is 15.3. The fourth-order valence-electron chi connectivity index (χ4n) is 2.63. The number of hydrogen-bond donors (Lipinski definition) is 1. The first-order valence-corrected chi connectivity index (χ1v) is 5.88. The number of nitrogens with zero attached hydrogens (tertiary/aromatic N) is 1. The van der Waals surface area contributed by atoms with Crippen LogP contribution in [0.1, 0.15) is 39.0 Å². The van der Waals surface area contributed by atoms with Gasteiger partial charge in [-0.1, -0.05) is 19.8 Å². The van der Waals surface area contributed by atoms with Gasteiger partial charge in [0.2, 0.25) is 0 Å². The van der Waals surface area contributed by atoms with Gasteiger partial charge in [0.1, 0.15) is 0 Å². The van der Waals surface area contributed by atoms with E-state index in [1.54, 1.807) is 0 Å². The fraction of sp³-hybridized carbons (Fsp3) is 1.00. The Bertz CT molecular complexity index is 154. The quantitative estimate of drug-likeness (QED) is 0.698. The minimum atomic E-state index is 0.864. The first-order chi connectivity index (χ1) is 6.42. The van der Waals surface area contributed by atoms with Gasteiger partial charge in [0, 0.05) is 25.2 Å². The molecular weight excluding hydrogens is 160 g/mol. The normalized spacial score (nSPS) is 32.5. The highest BCUT2D eigenvalue weighted by Crippen LogP contribution is 2.22. The molecule has 0 aromatic rings. The molecule has 13 heavy (non-hydrogen) atoms. The van der Waals surface area contributed by atoms with Crippen molar-refractivity contribution in [2.45, 2.75) is 51.1 Å². The first-order valence-electron chi connectivity index (χ1n) is 5.88. The molecule has 2 aliphatic heterocycles. The van der Waals surface area contributed by atoms with Crippen LogP contribution in [0, 0.1) is 0 Å². The molecular formula is C11H22N2. The first kappa shape index (κ1) is 9.47. The number of hydrogen-bond acceptors (Lipinski definition) is 2. The molecule has 1 unspecified atom stereocenters. The van der Waals surface area contributed by atoms with E-state index in [1.165, 1.54) is 51.7 Å². The summed E-state index contributed by atoms with van der Waals surface area (Å²) in [5.74, 6) is 0. The van der Waals surface area contributed by atoms with Crippen molar-refractivity contribution in [2.75, 3.05) is 19.6 Å². The molecule has 0 amide bonds. The summed E-state index contributed by atoms with van der Waals surface area (Å²) in [4.78, 5) is 2.77. The molecule has 1 atom stereocenters. The van der Waals surface area contributed by atoms with Crippen LogP contribution < -0.4 is 5.32 Å². The van der Waals surface area contributed by atoms with Crippen LogP contribution in [0.15, 0.2) is 0 Å². The molecule has 1 N–H and O–H groups in total. The Morgan fingerprint density at radius 3 is 2.69 bits per heavy atom. The summed E-state index contributed by atoms with van der Waals surface area (Å²) in [6.07, 6.45) is 7.11. The molecule has 2 fully saturated rings. The van der Waals surface area contributed by atoms with Gasteiger partial charge in [-0.15, -0.1) is 0 Å². The molecule has 0 aromatic carbocycles. The van der Waals surface area contributed by atoms with Crippen molar-refractivity contribution < 1.29 is 0 Å². The molecule has 2 saturated heterocycles. The molecule has 2 rings (SSSR count). The van der Waals surface area contributed by atoms with E-state index in [9.17, 15) is 0 Å². The van der Waals surface area contributed by atoms with E-state index >= 15 is 0 Å². The van der Waals surface area contributed by atoms with Crippen LogP contribution in [0.5, 0.6) is 0 Å². The fourth-order valence-corrected chi connectivity index (χ4v) is 2.63. The lowest BCUT2D eigenvalue weighted by atomic mass is 10.0. The predicted octanol–water partition coefficient (Wildman–Crippen LogP) is 1.61. The van der Waals surface area contributed by atoms with Crippen LogP contribution in [-0.2, 0) is 0 Å². The monoisotopic (exact) mass is 182 g/mol. The average molecular weight is 182 g/mol. The lowest BCUT2D eigenvalue weighted by Crippen LogP contribution is -2.59. The highest BCUT2D eigenvalue weighted by Gasteiger charge is 2.29. The van der Waals surface area contributed by atoms with E-state index in [0.29, 0.717) is 0 Å². The third-order valence-corrected chi connectivity index (χ3v) is 3.62. The van der Waals surface area contributed by atoms with Crippen molar-refractivity contribution in [3.8, 4) is 0 Å². The summed E-state index contributed by atoms with van der Waals surface area (Å²) >= 11 is 0. The van der Waals surface area contributed by atoms with Gasteiger partial charge in [-0.05, 0) is 25.8 Å². The van der Waals surface area contributed by atoms with E-state index in [2.05, 4.69) is 17.1 Å². The minimum Gasteiger partial charge on any atom is -0.314 e. The van der Waals surface area contributed by atoms with Crippen molar-refractivity contribution in [2.24, 2.45) is 0 Å². The summed E-state index contributed by atoms with van der Waals surface area (Å²) in [7, 11) is 0. The molecule has 2 heteroatoms. The molecule has 0 aromatic heterocycles. The van der Waals surface area contributed by atoms with Gasteiger partial charge in [0.15, 0.2) is 0 Å². The second-order valence-corrected chi connectivity index (χ2v) is 4.46. The van der Waals surface area contributed by atoms with Crippen LogP contribution in [-0.4, -0.2) is 36.6 Å². The van der Waals surface area contributed by atoms with E-state index in [0.717, 1.165) is 12.1 Å². The van der Waals surface area contributed by atoms with Gasteiger partial charge in [0.05, 0.1) is 0 Å². The second kappa shape index (κ2) is 4.43. The summed E-state index contributed by atoms with van der Waals surface area (Å²) in [5, 5.41) is 3.38. The van der Waals surface area contributed by atoms with Crippen molar-refractivity contribution in [3.05, 3.63) is 0 Å². The molecule has 2 nitrogen and oxygen atoms in total. The van der Waals surface area contributed by atoms with Gasteiger partial charge in [0.25, 0.3) is 0 Å². The summed E-state index contributed by atoms with van der Waals surface area (Å²) in [6.45, 7) is 6.16. The molecule has 0 spiro atoms. The van der Waals surface area contributed by atoms with Crippen LogP contribution in [0.4, 0.5) is 0 Å². The van der Waals surface area contributed by atoms with E-state index < -0.39 is 0 Å². The SMILES string of the molecule is CCC1CCCCCN1C1CNC1. The Kier molecular flexibility index (Phi) is 3.23. The second-order valence-electron chi connectivity index (χ2n) is 4.46. The largest absolute Gasteiger partial charge is 0.314 e. The molecule has 2 aliphatic rings. The zero-order valence-corrected chi connectivity index (χ0v) is 8.76. The van der Waals surface area contributed by atoms with Crippen LogP contribution in [0.3, 0.4) is 0 Å². The van der Waals surface area contributed by atoms with Gasteiger partial charge in [-0.2, -0.15) is 0 Å². The van der Waals surface area contributed by atoms with Gasteiger partial charge < -0.3 is 5.32 Å². The summed E-state index contributed by atoms with van der Waals surface area (Å²) in [5.41, 5.74) is 0. The molecule has 0 radical (unpaired) electrons. The van der Waals surface area contributed by atoms with Crippen LogP contribution >= 0.6 is 0 Å².